The number of aromatic nitrogens is 3. The zero-order valence-electron chi connectivity index (χ0n) is 14.6. The summed E-state index contributed by atoms with van der Waals surface area (Å²) in [6, 6.07) is 14.8. The summed E-state index contributed by atoms with van der Waals surface area (Å²) in [4.78, 5) is 8.32. The van der Waals surface area contributed by atoms with Crippen LogP contribution >= 0.6 is 0 Å². The molecular formula is C20H17N5O2. The highest BCUT2D eigenvalue weighted by atomic mass is 16.5. The monoisotopic (exact) mass is 359 g/mol. The highest BCUT2D eigenvalue weighted by molar-refractivity contribution is 5.96. The number of pyridine rings is 1. The van der Waals surface area contributed by atoms with Crippen molar-refractivity contribution in [3.8, 4) is 22.6 Å². The van der Waals surface area contributed by atoms with Crippen LogP contribution in [0.1, 0.15) is 5.56 Å². The molecule has 0 saturated heterocycles. The normalized spacial score (nSPS) is 10.9. The van der Waals surface area contributed by atoms with Gasteiger partial charge in [-0.25, -0.2) is 4.98 Å². The molecule has 0 bridgehead atoms. The molecule has 0 amide bonds. The molecule has 0 atom stereocenters. The van der Waals surface area contributed by atoms with E-state index in [0.29, 0.717) is 27.6 Å². The molecule has 0 aliphatic heterocycles. The van der Waals surface area contributed by atoms with E-state index in [-0.39, 0.29) is 5.95 Å². The Morgan fingerprint density at radius 2 is 1.74 bits per heavy atom. The van der Waals surface area contributed by atoms with Crippen LogP contribution < -0.4 is 20.9 Å². The lowest BCUT2D eigenvalue weighted by Crippen LogP contribution is -2.23. The molecule has 0 aliphatic rings. The van der Waals surface area contributed by atoms with Gasteiger partial charge in [-0.2, -0.15) is 9.71 Å². The molecule has 0 radical (unpaired) electrons. The zero-order valence-corrected chi connectivity index (χ0v) is 14.6. The summed E-state index contributed by atoms with van der Waals surface area (Å²) in [5.74, 6) is 1.77. The van der Waals surface area contributed by atoms with Gasteiger partial charge < -0.3 is 21.4 Å². The van der Waals surface area contributed by atoms with E-state index in [0.717, 1.165) is 22.1 Å². The van der Waals surface area contributed by atoms with Gasteiger partial charge in [0.15, 0.2) is 12.4 Å². The Kier molecular flexibility index (Phi) is 3.97. The van der Waals surface area contributed by atoms with Crippen molar-refractivity contribution in [3.63, 3.8) is 0 Å². The zero-order chi connectivity index (χ0) is 19.0. The quantitative estimate of drug-likeness (QED) is 0.429. The first-order valence-electron chi connectivity index (χ1n) is 8.31. The second-order valence-electron chi connectivity index (χ2n) is 6.12. The van der Waals surface area contributed by atoms with E-state index in [1.165, 1.54) is 12.4 Å². The highest BCUT2D eigenvalue weighted by Crippen LogP contribution is 2.34. The fourth-order valence-corrected chi connectivity index (χ4v) is 3.08. The molecule has 2 aromatic carbocycles. The summed E-state index contributed by atoms with van der Waals surface area (Å²) in [5, 5.41) is 11.9. The lowest BCUT2D eigenvalue weighted by Gasteiger charge is -2.12. The number of anilines is 2. The Bertz CT molecular complexity index is 1140. The van der Waals surface area contributed by atoms with Gasteiger partial charge in [-0.3, -0.25) is 0 Å². The van der Waals surface area contributed by atoms with Gasteiger partial charge in [0.1, 0.15) is 17.3 Å². The number of nitrogen functional groups attached to an aromatic ring is 2. The maximum Gasteiger partial charge on any atom is 0.222 e. The van der Waals surface area contributed by atoms with Crippen LogP contribution in [0.15, 0.2) is 60.9 Å². The lowest BCUT2D eigenvalue weighted by molar-refractivity contribution is -0.605. The van der Waals surface area contributed by atoms with Crippen molar-refractivity contribution in [2.45, 2.75) is 6.92 Å². The minimum absolute atomic E-state index is 0.157. The Morgan fingerprint density at radius 1 is 0.963 bits per heavy atom. The van der Waals surface area contributed by atoms with Crippen LogP contribution in [0.4, 0.5) is 11.8 Å². The molecule has 0 aliphatic carbocycles. The molecule has 4 rings (SSSR count). The molecule has 4 aromatic rings. The summed E-state index contributed by atoms with van der Waals surface area (Å²) in [6.07, 6.45) is 2.78. The van der Waals surface area contributed by atoms with E-state index in [4.69, 9.17) is 16.2 Å². The van der Waals surface area contributed by atoms with E-state index in [1.54, 1.807) is 12.1 Å². The van der Waals surface area contributed by atoms with Crippen LogP contribution in [0.25, 0.3) is 22.0 Å². The standard InChI is InChI=1S/C20H17N5O2/c1-12-16(5-6-17-18(12)19(21)24-20(22)23-17)13-3-2-4-15(11-13)27-14-7-9-25(26)10-8-14/h2-11H,1H3,(H4,21,22,23,24). The van der Waals surface area contributed by atoms with E-state index in [1.807, 2.05) is 43.3 Å². The number of nitrogens with two attached hydrogens (primary N) is 2. The maximum absolute atomic E-state index is 11.1. The number of hydrogen-bond donors (Lipinski definition) is 2. The second kappa shape index (κ2) is 6.45. The van der Waals surface area contributed by atoms with Crippen LogP contribution in [0, 0.1) is 12.1 Å². The van der Waals surface area contributed by atoms with Gasteiger partial charge in [-0.1, -0.05) is 18.2 Å². The largest absolute Gasteiger partial charge is 0.619 e. The van der Waals surface area contributed by atoms with Gasteiger partial charge in [0.2, 0.25) is 5.95 Å². The summed E-state index contributed by atoms with van der Waals surface area (Å²) < 4.78 is 6.55. The molecule has 27 heavy (non-hydrogen) atoms. The number of fused-ring (bicyclic) bond motifs is 1. The Morgan fingerprint density at radius 3 is 2.52 bits per heavy atom. The topological polar surface area (TPSA) is 114 Å². The molecule has 2 aromatic heterocycles. The first kappa shape index (κ1) is 16.6. The van der Waals surface area contributed by atoms with Crippen LogP contribution in [-0.4, -0.2) is 9.97 Å². The first-order chi connectivity index (χ1) is 13.0. The molecule has 0 spiro atoms. The molecule has 134 valence electrons. The van der Waals surface area contributed by atoms with Gasteiger partial charge in [0.05, 0.1) is 5.52 Å². The summed E-state index contributed by atoms with van der Waals surface area (Å²) >= 11 is 0. The predicted molar refractivity (Wildman–Crippen MR) is 104 cm³/mol. The molecular weight excluding hydrogens is 342 g/mol. The van der Waals surface area contributed by atoms with Crippen molar-refractivity contribution in [2.75, 3.05) is 11.5 Å². The van der Waals surface area contributed by atoms with E-state index >= 15 is 0 Å². The average Bonchev–Trinajstić information content (AvgIpc) is 2.63. The van der Waals surface area contributed by atoms with Crippen LogP contribution in [0.3, 0.4) is 0 Å². The van der Waals surface area contributed by atoms with Gasteiger partial charge in [-0.15, -0.1) is 0 Å². The van der Waals surface area contributed by atoms with Crippen molar-refractivity contribution in [3.05, 3.63) is 71.7 Å². The van der Waals surface area contributed by atoms with Gasteiger partial charge in [0.25, 0.3) is 0 Å². The molecule has 7 heteroatoms. The van der Waals surface area contributed by atoms with Crippen molar-refractivity contribution in [1.82, 2.24) is 9.97 Å². The Balaban J connectivity index is 1.75. The third-order valence-corrected chi connectivity index (χ3v) is 4.32. The number of hydrogen-bond acceptors (Lipinski definition) is 6. The Labute approximate surface area is 155 Å². The fraction of sp³-hybridized carbons (Fsp3) is 0.0500. The molecule has 4 N–H and O–H groups in total. The van der Waals surface area contributed by atoms with Gasteiger partial charge in [0, 0.05) is 17.5 Å². The molecule has 0 saturated carbocycles. The molecule has 7 nitrogen and oxygen atoms in total. The smallest absolute Gasteiger partial charge is 0.222 e. The number of aryl methyl sites for hydroxylation is 1. The first-order valence-corrected chi connectivity index (χ1v) is 8.31. The van der Waals surface area contributed by atoms with Crippen molar-refractivity contribution in [1.29, 1.82) is 0 Å². The third-order valence-electron chi connectivity index (χ3n) is 4.32. The molecule has 2 heterocycles. The minimum atomic E-state index is 0.157. The van der Waals surface area contributed by atoms with Crippen LogP contribution in [0.2, 0.25) is 0 Å². The highest BCUT2D eigenvalue weighted by Gasteiger charge is 2.12. The third kappa shape index (κ3) is 3.18. The molecule has 0 fully saturated rings. The van der Waals surface area contributed by atoms with Crippen LogP contribution in [-0.2, 0) is 0 Å². The second-order valence-corrected chi connectivity index (χ2v) is 6.12. The number of rotatable bonds is 3. The number of benzene rings is 2. The van der Waals surface area contributed by atoms with Crippen molar-refractivity contribution in [2.24, 2.45) is 0 Å². The number of ether oxygens (including phenoxy) is 1. The maximum atomic E-state index is 11.1. The minimum Gasteiger partial charge on any atom is -0.619 e. The lowest BCUT2D eigenvalue weighted by atomic mass is 9.97. The van der Waals surface area contributed by atoms with Crippen molar-refractivity contribution < 1.29 is 9.47 Å². The van der Waals surface area contributed by atoms with Crippen LogP contribution in [0.5, 0.6) is 11.5 Å². The number of nitrogens with zero attached hydrogens (tertiary/aromatic N) is 3. The van der Waals surface area contributed by atoms with E-state index in [2.05, 4.69) is 9.97 Å². The summed E-state index contributed by atoms with van der Waals surface area (Å²) in [5.41, 5.74) is 15.4. The predicted octanol–water partition coefficient (Wildman–Crippen LogP) is 3.20. The van der Waals surface area contributed by atoms with Gasteiger partial charge in [-0.05, 0) is 41.8 Å². The SMILES string of the molecule is Cc1c(-c2cccc(Oc3cc[n+]([O-])cc3)c2)ccc2nc(N)nc(N)c12. The van der Waals surface area contributed by atoms with E-state index < -0.39 is 0 Å². The van der Waals surface area contributed by atoms with Gasteiger partial charge >= 0.3 is 0 Å². The van der Waals surface area contributed by atoms with Crippen molar-refractivity contribution >= 4 is 22.7 Å². The molecule has 0 unspecified atom stereocenters. The van der Waals surface area contributed by atoms with E-state index in [9.17, 15) is 5.21 Å². The summed E-state index contributed by atoms with van der Waals surface area (Å²) in [7, 11) is 0. The average molecular weight is 359 g/mol. The summed E-state index contributed by atoms with van der Waals surface area (Å²) in [6.45, 7) is 1.98. The fourth-order valence-electron chi connectivity index (χ4n) is 3.08. The Hall–Kier alpha value is -3.87.